The van der Waals surface area contributed by atoms with Gasteiger partial charge in [-0.3, -0.25) is 0 Å². The Hall–Kier alpha value is -0.420. The number of ether oxygens (including phenoxy) is 2. The molecule has 1 aromatic carbocycles. The van der Waals surface area contributed by atoms with Crippen molar-refractivity contribution in [1.29, 1.82) is 0 Å². The van der Waals surface area contributed by atoms with E-state index in [0.717, 1.165) is 17.6 Å². The third-order valence-electron chi connectivity index (χ3n) is 2.61. The third-order valence-corrected chi connectivity index (χ3v) is 3.50. The molecule has 1 aromatic rings. The molecule has 4 heteroatoms. The predicted octanol–water partition coefficient (Wildman–Crippen LogP) is 2.51. The van der Waals surface area contributed by atoms with Gasteiger partial charge < -0.3 is 14.8 Å². The summed E-state index contributed by atoms with van der Waals surface area (Å²) in [6.07, 6.45) is 0.108. The molecule has 1 N–H and O–H groups in total. The van der Waals surface area contributed by atoms with Gasteiger partial charge in [-0.05, 0) is 24.1 Å². The van der Waals surface area contributed by atoms with E-state index in [1.54, 1.807) is 14.2 Å². The molecule has 0 fully saturated rings. The van der Waals surface area contributed by atoms with Crippen LogP contribution in [0.25, 0.3) is 0 Å². The lowest BCUT2D eigenvalue weighted by atomic mass is 10.1. The van der Waals surface area contributed by atoms with Crippen LogP contribution < -0.4 is 5.32 Å². The highest BCUT2D eigenvalue weighted by atomic mass is 79.9. The minimum atomic E-state index is 0.108. The van der Waals surface area contributed by atoms with Crippen LogP contribution in [-0.2, 0) is 16.0 Å². The largest absolute Gasteiger partial charge is 0.382 e. The summed E-state index contributed by atoms with van der Waals surface area (Å²) in [5.74, 6) is 0. The first-order chi connectivity index (χ1) is 8.17. The summed E-state index contributed by atoms with van der Waals surface area (Å²) < 4.78 is 11.5. The van der Waals surface area contributed by atoms with Gasteiger partial charge in [0.1, 0.15) is 0 Å². The molecule has 0 amide bonds. The van der Waals surface area contributed by atoms with Crippen molar-refractivity contribution >= 4 is 15.9 Å². The van der Waals surface area contributed by atoms with E-state index in [2.05, 4.69) is 46.4 Å². The quantitative estimate of drug-likeness (QED) is 0.839. The van der Waals surface area contributed by atoms with Crippen molar-refractivity contribution in [3.63, 3.8) is 0 Å². The van der Waals surface area contributed by atoms with Gasteiger partial charge in [0.15, 0.2) is 0 Å². The summed E-state index contributed by atoms with van der Waals surface area (Å²) >= 11 is 3.50. The van der Waals surface area contributed by atoms with E-state index in [4.69, 9.17) is 9.47 Å². The molecule has 1 unspecified atom stereocenters. The van der Waals surface area contributed by atoms with Gasteiger partial charge in [0.2, 0.25) is 0 Å². The first kappa shape index (κ1) is 14.6. The highest BCUT2D eigenvalue weighted by Crippen LogP contribution is 2.16. The highest BCUT2D eigenvalue weighted by molar-refractivity contribution is 9.10. The van der Waals surface area contributed by atoms with E-state index in [1.807, 2.05) is 0 Å². The Morgan fingerprint density at radius 3 is 2.71 bits per heavy atom. The summed E-state index contributed by atoms with van der Waals surface area (Å²) in [5, 5.41) is 3.36. The van der Waals surface area contributed by atoms with Gasteiger partial charge in [-0.15, -0.1) is 0 Å². The van der Waals surface area contributed by atoms with Crippen LogP contribution in [0.2, 0.25) is 0 Å². The van der Waals surface area contributed by atoms with Gasteiger partial charge in [-0.2, -0.15) is 0 Å². The summed E-state index contributed by atoms with van der Waals surface area (Å²) in [5.41, 5.74) is 2.53. The van der Waals surface area contributed by atoms with E-state index in [-0.39, 0.29) is 6.10 Å². The van der Waals surface area contributed by atoms with E-state index in [9.17, 15) is 0 Å². The minimum absolute atomic E-state index is 0.108. The zero-order valence-electron chi connectivity index (χ0n) is 10.6. The standard InChI is InChI=1S/C13H20BrNO2/c1-10-6-11(4-5-13(10)14)7-15-8-12(17-3)9-16-2/h4-6,12,15H,7-9H2,1-3H3. The molecule has 0 spiro atoms. The Labute approximate surface area is 112 Å². The second-order valence-electron chi connectivity index (χ2n) is 4.03. The smallest absolute Gasteiger partial charge is 0.0928 e. The van der Waals surface area contributed by atoms with Crippen molar-refractivity contribution in [3.8, 4) is 0 Å². The average Bonchev–Trinajstić information content (AvgIpc) is 2.32. The summed E-state index contributed by atoms with van der Waals surface area (Å²) in [7, 11) is 3.39. The van der Waals surface area contributed by atoms with Crippen molar-refractivity contribution in [1.82, 2.24) is 5.32 Å². The van der Waals surface area contributed by atoms with Crippen molar-refractivity contribution in [3.05, 3.63) is 33.8 Å². The Balaban J connectivity index is 2.37. The van der Waals surface area contributed by atoms with Gasteiger partial charge in [0.25, 0.3) is 0 Å². The van der Waals surface area contributed by atoms with Crippen molar-refractivity contribution in [2.45, 2.75) is 19.6 Å². The first-order valence-corrected chi connectivity index (χ1v) is 6.44. The molecule has 17 heavy (non-hydrogen) atoms. The highest BCUT2D eigenvalue weighted by Gasteiger charge is 2.05. The summed E-state index contributed by atoms with van der Waals surface area (Å²) in [4.78, 5) is 0. The normalized spacial score (nSPS) is 12.7. The van der Waals surface area contributed by atoms with E-state index in [0.29, 0.717) is 6.61 Å². The first-order valence-electron chi connectivity index (χ1n) is 5.65. The maximum atomic E-state index is 5.28. The number of benzene rings is 1. The molecule has 0 aliphatic heterocycles. The van der Waals surface area contributed by atoms with Crippen molar-refractivity contribution in [2.75, 3.05) is 27.4 Å². The van der Waals surface area contributed by atoms with Gasteiger partial charge in [0, 0.05) is 31.8 Å². The molecule has 3 nitrogen and oxygen atoms in total. The Kier molecular flexibility index (Phi) is 6.73. The van der Waals surface area contributed by atoms with Gasteiger partial charge in [0.05, 0.1) is 12.7 Å². The molecule has 0 aliphatic rings. The average molecular weight is 302 g/mol. The van der Waals surface area contributed by atoms with Crippen LogP contribution >= 0.6 is 15.9 Å². The lowest BCUT2D eigenvalue weighted by Gasteiger charge is -2.15. The van der Waals surface area contributed by atoms with Crippen LogP contribution in [0.15, 0.2) is 22.7 Å². The van der Waals surface area contributed by atoms with Crippen LogP contribution in [0.3, 0.4) is 0 Å². The number of halogens is 1. The maximum Gasteiger partial charge on any atom is 0.0928 e. The molecular weight excluding hydrogens is 282 g/mol. The lowest BCUT2D eigenvalue weighted by molar-refractivity contribution is 0.0288. The Bertz CT molecular complexity index is 344. The number of nitrogens with one attached hydrogen (secondary N) is 1. The fourth-order valence-corrected chi connectivity index (χ4v) is 1.84. The van der Waals surface area contributed by atoms with E-state index in [1.165, 1.54) is 11.1 Å². The number of hydrogen-bond donors (Lipinski definition) is 1. The van der Waals surface area contributed by atoms with Crippen molar-refractivity contribution in [2.24, 2.45) is 0 Å². The van der Waals surface area contributed by atoms with Gasteiger partial charge in [-0.25, -0.2) is 0 Å². The number of aryl methyl sites for hydroxylation is 1. The zero-order chi connectivity index (χ0) is 12.7. The van der Waals surface area contributed by atoms with Gasteiger partial charge >= 0.3 is 0 Å². The molecule has 0 bridgehead atoms. The maximum absolute atomic E-state index is 5.28. The lowest BCUT2D eigenvalue weighted by Crippen LogP contribution is -2.31. The fraction of sp³-hybridized carbons (Fsp3) is 0.538. The molecular formula is C13H20BrNO2. The fourth-order valence-electron chi connectivity index (χ4n) is 1.59. The number of rotatable bonds is 7. The zero-order valence-corrected chi connectivity index (χ0v) is 12.2. The molecule has 0 saturated heterocycles. The molecule has 0 aliphatic carbocycles. The molecule has 0 saturated carbocycles. The second kappa shape index (κ2) is 7.82. The van der Waals surface area contributed by atoms with Crippen LogP contribution in [0.4, 0.5) is 0 Å². The van der Waals surface area contributed by atoms with Crippen LogP contribution in [0.5, 0.6) is 0 Å². The Morgan fingerprint density at radius 2 is 2.12 bits per heavy atom. The van der Waals surface area contributed by atoms with Crippen LogP contribution in [-0.4, -0.2) is 33.5 Å². The molecule has 0 radical (unpaired) electrons. The second-order valence-corrected chi connectivity index (χ2v) is 4.88. The monoisotopic (exact) mass is 301 g/mol. The summed E-state index contributed by atoms with van der Waals surface area (Å²) in [6, 6.07) is 6.37. The van der Waals surface area contributed by atoms with Gasteiger partial charge in [-0.1, -0.05) is 28.1 Å². The number of hydrogen-bond acceptors (Lipinski definition) is 3. The van der Waals surface area contributed by atoms with Crippen LogP contribution in [0.1, 0.15) is 11.1 Å². The van der Waals surface area contributed by atoms with Crippen LogP contribution in [0, 0.1) is 6.92 Å². The van der Waals surface area contributed by atoms with E-state index < -0.39 is 0 Å². The third kappa shape index (κ3) is 5.17. The predicted molar refractivity (Wildman–Crippen MR) is 73.3 cm³/mol. The molecule has 0 aromatic heterocycles. The molecule has 1 atom stereocenters. The SMILES string of the molecule is COCC(CNCc1ccc(Br)c(C)c1)OC. The molecule has 1 rings (SSSR count). The number of methoxy groups -OCH3 is 2. The summed E-state index contributed by atoms with van der Waals surface area (Å²) in [6.45, 7) is 4.34. The topological polar surface area (TPSA) is 30.5 Å². The van der Waals surface area contributed by atoms with Crippen molar-refractivity contribution < 1.29 is 9.47 Å². The molecule has 96 valence electrons. The van der Waals surface area contributed by atoms with E-state index >= 15 is 0 Å². The minimum Gasteiger partial charge on any atom is -0.382 e. The molecule has 0 heterocycles. The Morgan fingerprint density at radius 1 is 1.35 bits per heavy atom.